The van der Waals surface area contributed by atoms with E-state index in [2.05, 4.69) is 28.6 Å². The van der Waals surface area contributed by atoms with Gasteiger partial charge in [-0.1, -0.05) is 18.2 Å². The molecule has 80 valence electrons. The van der Waals surface area contributed by atoms with Gasteiger partial charge in [0.2, 0.25) is 0 Å². The van der Waals surface area contributed by atoms with Crippen molar-refractivity contribution in [3.8, 4) is 11.3 Å². The minimum atomic E-state index is 0.547. The molecular formula is C12H11N3S. The average Bonchev–Trinajstić information content (AvgIpc) is 2.83. The van der Waals surface area contributed by atoms with Gasteiger partial charge in [-0.3, -0.25) is 0 Å². The van der Waals surface area contributed by atoms with Gasteiger partial charge in [-0.25, -0.2) is 4.98 Å². The van der Waals surface area contributed by atoms with Crippen molar-refractivity contribution in [2.75, 3.05) is 5.73 Å². The van der Waals surface area contributed by atoms with E-state index in [0.717, 1.165) is 11.3 Å². The third kappa shape index (κ3) is 1.31. The van der Waals surface area contributed by atoms with Crippen LogP contribution in [-0.4, -0.2) is 9.55 Å². The van der Waals surface area contributed by atoms with Crippen molar-refractivity contribution in [2.24, 2.45) is 7.05 Å². The number of nitrogens with two attached hydrogens (primary N) is 1. The molecule has 3 nitrogen and oxygen atoms in total. The summed E-state index contributed by atoms with van der Waals surface area (Å²) in [6.45, 7) is 0. The van der Waals surface area contributed by atoms with Gasteiger partial charge in [0.1, 0.15) is 0 Å². The summed E-state index contributed by atoms with van der Waals surface area (Å²) in [4.78, 5) is 4.35. The van der Waals surface area contributed by atoms with Gasteiger partial charge in [0, 0.05) is 34.3 Å². The number of aromatic nitrogens is 2. The first-order chi connectivity index (χ1) is 7.75. The molecule has 0 amide bonds. The van der Waals surface area contributed by atoms with E-state index in [1.54, 1.807) is 11.3 Å². The second-order valence-corrected chi connectivity index (χ2v) is 4.65. The Balaban J connectivity index is 2.26. The number of nitrogen functional groups attached to an aromatic ring is 1. The SMILES string of the molecule is Cn1cc(-c2csc3ccccc23)nc1N. The van der Waals surface area contributed by atoms with Gasteiger partial charge in [0.15, 0.2) is 5.95 Å². The second-order valence-electron chi connectivity index (χ2n) is 3.74. The highest BCUT2D eigenvalue weighted by Crippen LogP contribution is 2.33. The molecule has 0 saturated heterocycles. The summed E-state index contributed by atoms with van der Waals surface area (Å²) in [6.07, 6.45) is 1.96. The molecule has 4 heteroatoms. The van der Waals surface area contributed by atoms with Crippen LogP contribution in [0.3, 0.4) is 0 Å². The Labute approximate surface area is 97.2 Å². The van der Waals surface area contributed by atoms with Crippen LogP contribution in [0.15, 0.2) is 35.8 Å². The molecule has 2 N–H and O–H groups in total. The zero-order chi connectivity index (χ0) is 11.1. The van der Waals surface area contributed by atoms with Crippen LogP contribution in [0.4, 0.5) is 5.95 Å². The van der Waals surface area contributed by atoms with Gasteiger partial charge in [-0.2, -0.15) is 0 Å². The molecule has 16 heavy (non-hydrogen) atoms. The molecule has 0 unspecified atom stereocenters. The lowest BCUT2D eigenvalue weighted by Gasteiger charge is -1.93. The average molecular weight is 229 g/mol. The second kappa shape index (κ2) is 3.35. The standard InChI is InChI=1S/C12H11N3S/c1-15-6-10(14-12(15)13)9-7-16-11-5-3-2-4-8(9)11/h2-7H,1H3,(H2,13,14). The van der Waals surface area contributed by atoms with Crippen molar-refractivity contribution in [3.05, 3.63) is 35.8 Å². The summed E-state index contributed by atoms with van der Waals surface area (Å²) < 4.78 is 3.11. The fraction of sp³-hybridized carbons (Fsp3) is 0.0833. The lowest BCUT2D eigenvalue weighted by molar-refractivity contribution is 0.930. The Kier molecular flexibility index (Phi) is 1.97. The summed E-state index contributed by atoms with van der Waals surface area (Å²) in [7, 11) is 1.90. The van der Waals surface area contributed by atoms with E-state index in [0.29, 0.717) is 5.95 Å². The normalized spacial score (nSPS) is 11.1. The topological polar surface area (TPSA) is 43.8 Å². The van der Waals surface area contributed by atoms with Gasteiger partial charge in [0.05, 0.1) is 5.69 Å². The molecule has 0 atom stereocenters. The van der Waals surface area contributed by atoms with Crippen LogP contribution in [-0.2, 0) is 7.05 Å². The molecule has 3 rings (SSSR count). The van der Waals surface area contributed by atoms with Gasteiger partial charge in [-0.15, -0.1) is 11.3 Å². The monoisotopic (exact) mass is 229 g/mol. The number of rotatable bonds is 1. The number of aryl methyl sites for hydroxylation is 1. The number of anilines is 1. The first kappa shape index (κ1) is 9.42. The van der Waals surface area contributed by atoms with Gasteiger partial charge < -0.3 is 10.3 Å². The summed E-state index contributed by atoms with van der Waals surface area (Å²) in [5.41, 5.74) is 7.85. The predicted molar refractivity (Wildman–Crippen MR) is 68.4 cm³/mol. The summed E-state index contributed by atoms with van der Waals surface area (Å²) >= 11 is 1.73. The van der Waals surface area contributed by atoms with Crippen molar-refractivity contribution >= 4 is 27.4 Å². The zero-order valence-corrected chi connectivity index (χ0v) is 9.66. The van der Waals surface area contributed by atoms with E-state index >= 15 is 0 Å². The number of hydrogen-bond donors (Lipinski definition) is 1. The predicted octanol–water partition coefficient (Wildman–Crippen LogP) is 2.88. The summed E-state index contributed by atoms with van der Waals surface area (Å²) in [5.74, 6) is 0.547. The van der Waals surface area contributed by atoms with E-state index in [-0.39, 0.29) is 0 Å². The molecule has 0 bridgehead atoms. The Morgan fingerprint density at radius 1 is 1.31 bits per heavy atom. The minimum absolute atomic E-state index is 0.547. The number of fused-ring (bicyclic) bond motifs is 1. The van der Waals surface area contributed by atoms with E-state index in [4.69, 9.17) is 5.73 Å². The lowest BCUT2D eigenvalue weighted by atomic mass is 10.1. The molecule has 3 aromatic rings. The fourth-order valence-corrected chi connectivity index (χ4v) is 2.74. The lowest BCUT2D eigenvalue weighted by Crippen LogP contribution is -1.94. The third-order valence-electron chi connectivity index (χ3n) is 2.67. The Hall–Kier alpha value is -1.81. The zero-order valence-electron chi connectivity index (χ0n) is 8.84. The van der Waals surface area contributed by atoms with Crippen molar-refractivity contribution < 1.29 is 0 Å². The number of thiophene rings is 1. The molecule has 0 aliphatic rings. The Morgan fingerprint density at radius 3 is 2.88 bits per heavy atom. The highest BCUT2D eigenvalue weighted by molar-refractivity contribution is 7.17. The van der Waals surface area contributed by atoms with Crippen LogP contribution < -0.4 is 5.73 Å². The smallest absolute Gasteiger partial charge is 0.200 e. The molecule has 0 spiro atoms. The number of hydrogen-bond acceptors (Lipinski definition) is 3. The number of imidazole rings is 1. The van der Waals surface area contributed by atoms with E-state index in [1.807, 2.05) is 23.9 Å². The molecule has 2 heterocycles. The Bertz CT molecular complexity index is 632. The quantitative estimate of drug-likeness (QED) is 0.697. The van der Waals surface area contributed by atoms with E-state index in [1.165, 1.54) is 10.1 Å². The maximum absolute atomic E-state index is 5.75. The first-order valence-electron chi connectivity index (χ1n) is 5.01. The number of benzene rings is 1. The maximum atomic E-state index is 5.75. The van der Waals surface area contributed by atoms with Crippen LogP contribution >= 0.6 is 11.3 Å². The fourth-order valence-electron chi connectivity index (χ4n) is 1.79. The van der Waals surface area contributed by atoms with Gasteiger partial charge >= 0.3 is 0 Å². The molecule has 0 radical (unpaired) electrons. The van der Waals surface area contributed by atoms with Crippen LogP contribution in [0, 0.1) is 0 Å². The number of nitrogens with zero attached hydrogens (tertiary/aromatic N) is 2. The molecule has 0 saturated carbocycles. The van der Waals surface area contributed by atoms with Gasteiger partial charge in [-0.05, 0) is 6.07 Å². The van der Waals surface area contributed by atoms with Crippen molar-refractivity contribution in [3.63, 3.8) is 0 Å². The largest absolute Gasteiger partial charge is 0.369 e. The summed E-state index contributed by atoms with van der Waals surface area (Å²) in [5, 5.41) is 3.37. The van der Waals surface area contributed by atoms with Crippen LogP contribution in [0.1, 0.15) is 0 Å². The first-order valence-corrected chi connectivity index (χ1v) is 5.89. The third-order valence-corrected chi connectivity index (χ3v) is 3.63. The van der Waals surface area contributed by atoms with Crippen LogP contribution in [0.2, 0.25) is 0 Å². The van der Waals surface area contributed by atoms with Gasteiger partial charge in [0.25, 0.3) is 0 Å². The molecule has 2 aromatic heterocycles. The van der Waals surface area contributed by atoms with Crippen LogP contribution in [0.5, 0.6) is 0 Å². The maximum Gasteiger partial charge on any atom is 0.200 e. The van der Waals surface area contributed by atoms with Crippen LogP contribution in [0.25, 0.3) is 21.3 Å². The van der Waals surface area contributed by atoms with E-state index in [9.17, 15) is 0 Å². The molecule has 1 aromatic carbocycles. The highest BCUT2D eigenvalue weighted by Gasteiger charge is 2.09. The molecule has 0 aliphatic heterocycles. The molecule has 0 fully saturated rings. The van der Waals surface area contributed by atoms with Crippen molar-refractivity contribution in [2.45, 2.75) is 0 Å². The highest BCUT2D eigenvalue weighted by atomic mass is 32.1. The van der Waals surface area contributed by atoms with Crippen molar-refractivity contribution in [1.82, 2.24) is 9.55 Å². The Morgan fingerprint density at radius 2 is 2.12 bits per heavy atom. The minimum Gasteiger partial charge on any atom is -0.369 e. The van der Waals surface area contributed by atoms with E-state index < -0.39 is 0 Å². The molecular weight excluding hydrogens is 218 g/mol. The molecule has 0 aliphatic carbocycles. The van der Waals surface area contributed by atoms with Crippen molar-refractivity contribution in [1.29, 1.82) is 0 Å². The summed E-state index contributed by atoms with van der Waals surface area (Å²) in [6, 6.07) is 8.34.